The highest BCUT2D eigenvalue weighted by atomic mass is 35.5. The molecule has 1 aromatic rings. The number of alkyl halides is 1. The highest BCUT2D eigenvalue weighted by Crippen LogP contribution is 2.22. The molecule has 0 aliphatic carbocycles. The van der Waals surface area contributed by atoms with E-state index >= 15 is 0 Å². The van der Waals surface area contributed by atoms with Crippen LogP contribution in [-0.4, -0.2) is 16.1 Å². The average molecular weight is 221 g/mol. The van der Waals surface area contributed by atoms with Gasteiger partial charge in [-0.3, -0.25) is 4.79 Å². The van der Waals surface area contributed by atoms with Gasteiger partial charge in [-0.1, -0.05) is 25.4 Å². The molecule has 0 fully saturated rings. The van der Waals surface area contributed by atoms with Crippen molar-refractivity contribution in [2.45, 2.75) is 19.3 Å². The summed E-state index contributed by atoms with van der Waals surface area (Å²) in [5, 5.41) is 6.16. The first kappa shape index (κ1) is 10.5. The topological polar surface area (TPSA) is 45.8 Å². The van der Waals surface area contributed by atoms with Gasteiger partial charge in [-0.05, 0) is 6.07 Å². The maximum absolute atomic E-state index is 11.3. The molecule has 0 aromatic carbocycles. The number of nitrogens with zero attached hydrogens (tertiary/aromatic N) is 1. The zero-order valence-corrected chi connectivity index (χ0v) is 8.91. The lowest BCUT2D eigenvalue weighted by atomic mass is 9.88. The molecule has 0 unspecified atom stereocenters. The van der Waals surface area contributed by atoms with Crippen LogP contribution in [0.4, 0.5) is 0 Å². The zero-order chi connectivity index (χ0) is 10.1. The van der Waals surface area contributed by atoms with E-state index in [-0.39, 0.29) is 16.1 Å². The summed E-state index contributed by atoms with van der Waals surface area (Å²) < 4.78 is 0. The van der Waals surface area contributed by atoms with Crippen molar-refractivity contribution < 1.29 is 0 Å². The number of aromatic nitrogens is 2. The molecule has 0 atom stereocenters. The molecule has 1 aromatic heterocycles. The Balaban J connectivity index is 3.29. The third-order valence-electron chi connectivity index (χ3n) is 1.84. The summed E-state index contributed by atoms with van der Waals surface area (Å²) in [5.74, 6) is 0.358. The van der Waals surface area contributed by atoms with E-state index in [9.17, 15) is 4.79 Å². The predicted octanol–water partition coefficient (Wildman–Crippen LogP) is 1.94. The second-order valence-corrected chi connectivity index (χ2v) is 4.11. The second-order valence-electron chi connectivity index (χ2n) is 3.45. The standard InChI is InChI=1S/C8H10Cl2N2O/c1-8(2,4-9)5-3-6(10)11-12-7(5)13/h3H,4H2,1-2H3,(H,12,13). The van der Waals surface area contributed by atoms with Crippen molar-refractivity contribution in [3.8, 4) is 0 Å². The number of hydrogen-bond donors (Lipinski definition) is 1. The Kier molecular flexibility index (Phi) is 2.98. The van der Waals surface area contributed by atoms with Crippen LogP contribution in [0.5, 0.6) is 0 Å². The molecular weight excluding hydrogens is 211 g/mol. The van der Waals surface area contributed by atoms with E-state index in [0.717, 1.165) is 0 Å². The summed E-state index contributed by atoms with van der Waals surface area (Å²) in [5.41, 5.74) is -0.0700. The quantitative estimate of drug-likeness (QED) is 0.775. The number of aromatic amines is 1. The van der Waals surface area contributed by atoms with Crippen molar-refractivity contribution in [2.24, 2.45) is 0 Å². The summed E-state index contributed by atoms with van der Waals surface area (Å²) >= 11 is 11.4. The first-order valence-corrected chi connectivity index (χ1v) is 4.70. The molecule has 0 saturated carbocycles. The molecule has 1 rings (SSSR count). The van der Waals surface area contributed by atoms with Crippen LogP contribution in [0, 0.1) is 0 Å². The number of halogens is 2. The minimum absolute atomic E-state index is 0.241. The second kappa shape index (κ2) is 3.68. The molecule has 0 aliphatic rings. The zero-order valence-electron chi connectivity index (χ0n) is 7.40. The van der Waals surface area contributed by atoms with Crippen molar-refractivity contribution in [1.82, 2.24) is 10.2 Å². The molecular formula is C8H10Cl2N2O. The summed E-state index contributed by atoms with van der Waals surface area (Å²) in [4.78, 5) is 11.3. The van der Waals surface area contributed by atoms with E-state index in [1.165, 1.54) is 0 Å². The fourth-order valence-electron chi connectivity index (χ4n) is 0.956. The fourth-order valence-corrected chi connectivity index (χ4v) is 1.25. The maximum atomic E-state index is 11.3. The summed E-state index contributed by atoms with van der Waals surface area (Å²) in [6.45, 7) is 3.75. The normalized spacial score (nSPS) is 11.7. The minimum Gasteiger partial charge on any atom is -0.268 e. The molecule has 0 radical (unpaired) electrons. The molecule has 5 heteroatoms. The minimum atomic E-state index is -0.387. The van der Waals surface area contributed by atoms with Crippen LogP contribution in [0.15, 0.2) is 10.9 Å². The monoisotopic (exact) mass is 220 g/mol. The van der Waals surface area contributed by atoms with Gasteiger partial charge in [0.1, 0.15) is 5.15 Å². The molecule has 0 amide bonds. The predicted molar refractivity (Wildman–Crippen MR) is 53.6 cm³/mol. The van der Waals surface area contributed by atoms with Crippen LogP contribution in [-0.2, 0) is 5.41 Å². The van der Waals surface area contributed by atoms with Crippen LogP contribution in [0.2, 0.25) is 5.15 Å². The Bertz CT molecular complexity index is 359. The molecule has 0 aliphatic heterocycles. The van der Waals surface area contributed by atoms with Crippen LogP contribution >= 0.6 is 23.2 Å². The molecule has 72 valence electrons. The molecule has 0 spiro atoms. The van der Waals surface area contributed by atoms with E-state index in [1.807, 2.05) is 13.8 Å². The summed E-state index contributed by atoms with van der Waals surface area (Å²) in [6, 6.07) is 1.54. The van der Waals surface area contributed by atoms with E-state index in [0.29, 0.717) is 11.4 Å². The first-order valence-electron chi connectivity index (χ1n) is 3.79. The van der Waals surface area contributed by atoms with Gasteiger partial charge in [0, 0.05) is 16.9 Å². The van der Waals surface area contributed by atoms with Gasteiger partial charge in [0.05, 0.1) is 0 Å². The lowest BCUT2D eigenvalue weighted by molar-refractivity contribution is 0.585. The van der Waals surface area contributed by atoms with E-state index in [2.05, 4.69) is 10.2 Å². The third kappa shape index (κ3) is 2.23. The largest absolute Gasteiger partial charge is 0.268 e. The van der Waals surface area contributed by atoms with Gasteiger partial charge in [-0.2, -0.15) is 5.10 Å². The van der Waals surface area contributed by atoms with E-state index in [1.54, 1.807) is 6.07 Å². The van der Waals surface area contributed by atoms with Crippen molar-refractivity contribution in [2.75, 3.05) is 5.88 Å². The van der Waals surface area contributed by atoms with Crippen molar-refractivity contribution >= 4 is 23.2 Å². The van der Waals surface area contributed by atoms with Crippen LogP contribution in [0.25, 0.3) is 0 Å². The average Bonchev–Trinajstić information content (AvgIpc) is 2.09. The van der Waals surface area contributed by atoms with Gasteiger partial charge in [0.25, 0.3) is 5.56 Å². The lowest BCUT2D eigenvalue weighted by Gasteiger charge is -2.20. The van der Waals surface area contributed by atoms with Crippen molar-refractivity contribution in [1.29, 1.82) is 0 Å². The molecule has 1 heterocycles. The Hall–Kier alpha value is -0.540. The van der Waals surface area contributed by atoms with Crippen LogP contribution < -0.4 is 5.56 Å². The Morgan fingerprint density at radius 2 is 2.23 bits per heavy atom. The molecule has 0 bridgehead atoms. The smallest absolute Gasteiger partial charge is 0.268 e. The first-order chi connectivity index (χ1) is 5.97. The molecule has 3 nitrogen and oxygen atoms in total. The van der Waals surface area contributed by atoms with Crippen molar-refractivity contribution in [3.63, 3.8) is 0 Å². The Morgan fingerprint density at radius 3 is 2.77 bits per heavy atom. The summed E-state index contributed by atoms with van der Waals surface area (Å²) in [7, 11) is 0. The number of H-pyrrole nitrogens is 1. The maximum Gasteiger partial charge on any atom is 0.268 e. The van der Waals surface area contributed by atoms with Crippen molar-refractivity contribution in [3.05, 3.63) is 27.1 Å². The van der Waals surface area contributed by atoms with Crippen LogP contribution in [0.3, 0.4) is 0 Å². The molecule has 0 saturated heterocycles. The van der Waals surface area contributed by atoms with E-state index in [4.69, 9.17) is 23.2 Å². The number of nitrogens with one attached hydrogen (secondary N) is 1. The lowest BCUT2D eigenvalue weighted by Crippen LogP contribution is -2.29. The highest BCUT2D eigenvalue weighted by molar-refractivity contribution is 6.29. The van der Waals surface area contributed by atoms with Gasteiger partial charge < -0.3 is 0 Å². The third-order valence-corrected chi connectivity index (χ3v) is 2.70. The van der Waals surface area contributed by atoms with Gasteiger partial charge >= 0.3 is 0 Å². The Morgan fingerprint density at radius 1 is 1.62 bits per heavy atom. The Labute approximate surface area is 86.1 Å². The number of hydrogen-bond acceptors (Lipinski definition) is 2. The van der Waals surface area contributed by atoms with Gasteiger partial charge in [-0.15, -0.1) is 11.6 Å². The van der Waals surface area contributed by atoms with Gasteiger partial charge in [-0.25, -0.2) is 5.10 Å². The molecule has 1 N–H and O–H groups in total. The number of rotatable bonds is 2. The summed E-state index contributed by atoms with van der Waals surface area (Å²) in [6.07, 6.45) is 0. The van der Waals surface area contributed by atoms with E-state index < -0.39 is 0 Å². The fraction of sp³-hybridized carbons (Fsp3) is 0.500. The van der Waals surface area contributed by atoms with Gasteiger partial charge in [0.15, 0.2) is 0 Å². The van der Waals surface area contributed by atoms with Gasteiger partial charge in [0.2, 0.25) is 0 Å². The van der Waals surface area contributed by atoms with Crippen LogP contribution in [0.1, 0.15) is 19.4 Å². The highest BCUT2D eigenvalue weighted by Gasteiger charge is 2.23. The molecule has 13 heavy (non-hydrogen) atoms. The SMILES string of the molecule is CC(C)(CCl)c1cc(Cl)n[nH]c1=O.